The van der Waals surface area contributed by atoms with E-state index in [2.05, 4.69) is 9.97 Å². The van der Waals surface area contributed by atoms with Crippen LogP contribution in [-0.4, -0.2) is 34.1 Å². The van der Waals surface area contributed by atoms with Crippen LogP contribution in [0.5, 0.6) is 0 Å². The Bertz CT molecular complexity index is 358. The van der Waals surface area contributed by atoms with E-state index in [-0.39, 0.29) is 6.09 Å². The number of rotatable bonds is 2. The number of carbonyl (C=O) groups excluding carboxylic acids is 1. The van der Waals surface area contributed by atoms with Gasteiger partial charge in [0.25, 0.3) is 0 Å². The number of halogens is 1. The summed E-state index contributed by atoms with van der Waals surface area (Å²) in [5, 5.41) is 0.329. The van der Waals surface area contributed by atoms with Crippen LogP contribution >= 0.6 is 11.6 Å². The first-order valence-corrected chi connectivity index (χ1v) is 4.51. The maximum atomic E-state index is 11.1. The predicted octanol–water partition coefficient (Wildman–Crippen LogP) is 1.08. The summed E-state index contributed by atoms with van der Waals surface area (Å²) in [6.07, 6.45) is 2.72. The minimum Gasteiger partial charge on any atom is -0.448 e. The average Bonchev–Trinajstić information content (AvgIpc) is 2.52. The minimum absolute atomic E-state index is 0.313. The van der Waals surface area contributed by atoms with Crippen molar-refractivity contribution < 1.29 is 9.53 Å². The van der Waals surface area contributed by atoms with E-state index in [0.717, 1.165) is 0 Å². The lowest BCUT2D eigenvalue weighted by molar-refractivity contribution is 0.157. The summed E-state index contributed by atoms with van der Waals surface area (Å²) in [5.74, 6) is 0. The standard InChI is InChI=1S/C8H8ClN3O2/c9-7-4-10-3-6(11-7)5-12-1-2-14-8(12)13/h3-4H,1-2,5H2. The SMILES string of the molecule is O=C1OCCN1Cc1cncc(Cl)n1. The first-order chi connectivity index (χ1) is 6.75. The molecule has 0 radical (unpaired) electrons. The molecule has 1 aromatic rings. The average molecular weight is 214 g/mol. The number of ether oxygens (including phenoxy) is 1. The third-order valence-corrected chi connectivity index (χ3v) is 2.03. The van der Waals surface area contributed by atoms with Gasteiger partial charge in [0, 0.05) is 0 Å². The zero-order chi connectivity index (χ0) is 9.97. The van der Waals surface area contributed by atoms with E-state index in [4.69, 9.17) is 16.3 Å². The number of cyclic esters (lactones) is 1. The largest absolute Gasteiger partial charge is 0.448 e. The summed E-state index contributed by atoms with van der Waals surface area (Å²) in [6, 6.07) is 0. The number of hydrogen-bond donors (Lipinski definition) is 0. The summed E-state index contributed by atoms with van der Waals surface area (Å²) < 4.78 is 4.77. The van der Waals surface area contributed by atoms with Crippen molar-refractivity contribution in [3.05, 3.63) is 23.2 Å². The fourth-order valence-corrected chi connectivity index (χ4v) is 1.39. The molecule has 0 aromatic carbocycles. The van der Waals surface area contributed by atoms with Crippen molar-refractivity contribution in [3.8, 4) is 0 Å². The van der Waals surface area contributed by atoms with Gasteiger partial charge in [-0.2, -0.15) is 0 Å². The second kappa shape index (κ2) is 3.79. The molecule has 0 aliphatic carbocycles. The molecule has 0 unspecified atom stereocenters. The van der Waals surface area contributed by atoms with Gasteiger partial charge in [0.1, 0.15) is 11.8 Å². The summed E-state index contributed by atoms with van der Waals surface area (Å²) in [5.41, 5.74) is 0.663. The third-order valence-electron chi connectivity index (χ3n) is 1.85. The second-order valence-electron chi connectivity index (χ2n) is 2.87. The molecule has 74 valence electrons. The van der Waals surface area contributed by atoms with Crippen LogP contribution in [0.3, 0.4) is 0 Å². The fourth-order valence-electron chi connectivity index (χ4n) is 1.22. The fraction of sp³-hybridized carbons (Fsp3) is 0.375. The zero-order valence-corrected chi connectivity index (χ0v) is 8.07. The van der Waals surface area contributed by atoms with Crippen molar-refractivity contribution in [2.75, 3.05) is 13.2 Å². The highest BCUT2D eigenvalue weighted by molar-refractivity contribution is 6.29. The quantitative estimate of drug-likeness (QED) is 0.738. The van der Waals surface area contributed by atoms with Gasteiger partial charge in [-0.15, -0.1) is 0 Å². The maximum absolute atomic E-state index is 11.1. The molecule has 1 fully saturated rings. The highest BCUT2D eigenvalue weighted by Crippen LogP contribution is 2.09. The van der Waals surface area contributed by atoms with E-state index in [1.165, 1.54) is 6.20 Å². The number of hydrogen-bond acceptors (Lipinski definition) is 4. The molecule has 0 saturated carbocycles. The Morgan fingerprint density at radius 1 is 1.57 bits per heavy atom. The van der Waals surface area contributed by atoms with Gasteiger partial charge in [-0.05, 0) is 0 Å². The molecule has 2 rings (SSSR count). The first kappa shape index (κ1) is 9.21. The van der Waals surface area contributed by atoms with Crippen LogP contribution in [0.25, 0.3) is 0 Å². The van der Waals surface area contributed by atoms with E-state index in [9.17, 15) is 4.79 Å². The van der Waals surface area contributed by atoms with Crippen LogP contribution in [0, 0.1) is 0 Å². The minimum atomic E-state index is -0.313. The number of aromatic nitrogens is 2. The van der Waals surface area contributed by atoms with E-state index in [1.54, 1.807) is 11.1 Å². The predicted molar refractivity (Wildman–Crippen MR) is 48.8 cm³/mol. The van der Waals surface area contributed by atoms with Gasteiger partial charge >= 0.3 is 6.09 Å². The second-order valence-corrected chi connectivity index (χ2v) is 3.26. The molecule has 2 heterocycles. The van der Waals surface area contributed by atoms with Crippen molar-refractivity contribution in [1.29, 1.82) is 0 Å². The Labute approximate surface area is 85.7 Å². The molecule has 0 N–H and O–H groups in total. The molecule has 0 bridgehead atoms. The van der Waals surface area contributed by atoms with E-state index in [1.807, 2.05) is 0 Å². The van der Waals surface area contributed by atoms with Gasteiger partial charge in [0.2, 0.25) is 0 Å². The van der Waals surface area contributed by atoms with E-state index >= 15 is 0 Å². The zero-order valence-electron chi connectivity index (χ0n) is 7.31. The Balaban J connectivity index is 2.07. The number of amides is 1. The van der Waals surface area contributed by atoms with Crippen molar-refractivity contribution in [2.24, 2.45) is 0 Å². The Kier molecular flexibility index (Phi) is 2.49. The molecule has 0 spiro atoms. The molecular formula is C8H8ClN3O2. The van der Waals surface area contributed by atoms with Crippen molar-refractivity contribution >= 4 is 17.7 Å². The van der Waals surface area contributed by atoms with Crippen LogP contribution in [0.15, 0.2) is 12.4 Å². The molecule has 0 atom stereocenters. The van der Waals surface area contributed by atoms with Crippen LogP contribution < -0.4 is 0 Å². The summed E-state index contributed by atoms with van der Waals surface area (Å²) in [6.45, 7) is 1.42. The molecule has 1 aromatic heterocycles. The van der Waals surface area contributed by atoms with Crippen molar-refractivity contribution in [2.45, 2.75) is 6.54 Å². The Morgan fingerprint density at radius 2 is 2.43 bits per heavy atom. The van der Waals surface area contributed by atoms with E-state index < -0.39 is 0 Å². The molecule has 1 amide bonds. The summed E-state index contributed by atoms with van der Waals surface area (Å²) in [4.78, 5) is 20.5. The van der Waals surface area contributed by atoms with Gasteiger partial charge in [0.05, 0.1) is 31.2 Å². The van der Waals surface area contributed by atoms with Gasteiger partial charge in [-0.3, -0.25) is 9.88 Å². The molecule has 14 heavy (non-hydrogen) atoms. The van der Waals surface area contributed by atoms with Gasteiger partial charge in [-0.1, -0.05) is 11.6 Å². The van der Waals surface area contributed by atoms with Gasteiger partial charge in [0.15, 0.2) is 0 Å². The lowest BCUT2D eigenvalue weighted by Crippen LogP contribution is -2.24. The third kappa shape index (κ3) is 1.93. The van der Waals surface area contributed by atoms with Crippen molar-refractivity contribution in [3.63, 3.8) is 0 Å². The maximum Gasteiger partial charge on any atom is 0.410 e. The summed E-state index contributed by atoms with van der Waals surface area (Å²) >= 11 is 5.66. The van der Waals surface area contributed by atoms with Crippen LogP contribution in [0.1, 0.15) is 5.69 Å². The first-order valence-electron chi connectivity index (χ1n) is 4.14. The monoisotopic (exact) mass is 213 g/mol. The lowest BCUT2D eigenvalue weighted by atomic mass is 10.4. The summed E-state index contributed by atoms with van der Waals surface area (Å²) in [7, 11) is 0. The Morgan fingerprint density at radius 3 is 3.07 bits per heavy atom. The molecule has 1 aliphatic heterocycles. The highest BCUT2D eigenvalue weighted by Gasteiger charge is 2.22. The molecular weight excluding hydrogens is 206 g/mol. The number of nitrogens with zero attached hydrogens (tertiary/aromatic N) is 3. The molecule has 5 nitrogen and oxygen atoms in total. The number of carbonyl (C=O) groups is 1. The van der Waals surface area contributed by atoms with Crippen LogP contribution in [-0.2, 0) is 11.3 Å². The van der Waals surface area contributed by atoms with E-state index in [0.29, 0.717) is 30.5 Å². The lowest BCUT2D eigenvalue weighted by Gasteiger charge is -2.10. The van der Waals surface area contributed by atoms with Gasteiger partial charge < -0.3 is 4.74 Å². The molecule has 1 aliphatic rings. The van der Waals surface area contributed by atoms with Gasteiger partial charge in [-0.25, -0.2) is 9.78 Å². The van der Waals surface area contributed by atoms with Crippen LogP contribution in [0.2, 0.25) is 5.15 Å². The van der Waals surface area contributed by atoms with Crippen molar-refractivity contribution in [1.82, 2.24) is 14.9 Å². The Hall–Kier alpha value is -1.36. The van der Waals surface area contributed by atoms with Crippen LogP contribution in [0.4, 0.5) is 4.79 Å². The molecule has 1 saturated heterocycles. The topological polar surface area (TPSA) is 55.3 Å². The normalized spacial score (nSPS) is 15.8. The smallest absolute Gasteiger partial charge is 0.410 e. The molecule has 6 heteroatoms. The highest BCUT2D eigenvalue weighted by atomic mass is 35.5.